The number of nitrogens with zero attached hydrogens (tertiary/aromatic N) is 4. The van der Waals surface area contributed by atoms with Gasteiger partial charge in [0.1, 0.15) is 11.6 Å². The zero-order chi connectivity index (χ0) is 16.8. The van der Waals surface area contributed by atoms with E-state index in [1.54, 1.807) is 25.7 Å². The zero-order valence-corrected chi connectivity index (χ0v) is 13.3. The van der Waals surface area contributed by atoms with Crippen LogP contribution in [0.5, 0.6) is 5.75 Å². The van der Waals surface area contributed by atoms with Crippen LogP contribution in [0.1, 0.15) is 5.82 Å². The minimum atomic E-state index is 0.527. The van der Waals surface area contributed by atoms with Gasteiger partial charge in [-0.25, -0.2) is 4.98 Å². The summed E-state index contributed by atoms with van der Waals surface area (Å²) in [4.78, 5) is 8.28. The minimum Gasteiger partial charge on any atom is -0.495 e. The smallest absolute Gasteiger partial charge is 0.141 e. The van der Waals surface area contributed by atoms with Crippen LogP contribution in [0.25, 0.3) is 17.5 Å². The van der Waals surface area contributed by atoms with Crippen molar-refractivity contribution in [3.8, 4) is 17.0 Å². The minimum absolute atomic E-state index is 0.527. The molecule has 7 nitrogen and oxygen atoms in total. The number of methoxy groups -OCH3 is 1. The third-order valence-corrected chi connectivity index (χ3v) is 3.53. The molecule has 122 valence electrons. The van der Waals surface area contributed by atoms with Crippen molar-refractivity contribution < 1.29 is 4.74 Å². The third kappa shape index (κ3) is 3.19. The molecule has 2 N–H and O–H groups in total. The van der Waals surface area contributed by atoms with Crippen molar-refractivity contribution in [2.45, 2.75) is 6.54 Å². The molecule has 0 bridgehead atoms. The Morgan fingerprint density at radius 3 is 3.00 bits per heavy atom. The molecule has 0 fully saturated rings. The highest BCUT2D eigenvalue weighted by Gasteiger charge is 2.11. The third-order valence-electron chi connectivity index (χ3n) is 3.53. The lowest BCUT2D eigenvalue weighted by atomic mass is 10.3. The van der Waals surface area contributed by atoms with Gasteiger partial charge in [0.05, 0.1) is 37.4 Å². The molecular weight excluding hydrogens is 304 g/mol. The molecular formula is C17H18N6O. The summed E-state index contributed by atoms with van der Waals surface area (Å²) in [6.07, 6.45) is 8.82. The summed E-state index contributed by atoms with van der Waals surface area (Å²) in [5.74, 6) is 1.62. The van der Waals surface area contributed by atoms with Gasteiger partial charge >= 0.3 is 0 Å². The topological polar surface area (TPSA) is 80.1 Å². The molecule has 2 aromatic heterocycles. The van der Waals surface area contributed by atoms with Gasteiger partial charge in [-0.1, -0.05) is 12.1 Å². The Balaban J connectivity index is 1.88. The van der Waals surface area contributed by atoms with E-state index >= 15 is 0 Å². The van der Waals surface area contributed by atoms with Gasteiger partial charge in [0.15, 0.2) is 0 Å². The van der Waals surface area contributed by atoms with E-state index in [2.05, 4.69) is 32.2 Å². The van der Waals surface area contributed by atoms with Crippen molar-refractivity contribution in [1.29, 1.82) is 0 Å². The first kappa shape index (κ1) is 15.5. The molecule has 0 unspecified atom stereocenters. The number of para-hydroxylation sites is 2. The molecule has 0 saturated heterocycles. The fourth-order valence-corrected chi connectivity index (χ4v) is 2.38. The van der Waals surface area contributed by atoms with Crippen molar-refractivity contribution in [3.63, 3.8) is 0 Å². The fraction of sp³-hybridized carbons (Fsp3) is 0.118. The standard InChI is InChI=1S/C17H18N6O/c1-18-7-8-23-15(13-9-21-22-10-13)11-20-17(23)12-19-14-5-3-4-6-16(14)24-2/h3-11,19H,1,12H2,2H3,(H,21,22)/b8-7-. The molecule has 0 radical (unpaired) electrons. The van der Waals surface area contributed by atoms with Crippen LogP contribution in [0.4, 0.5) is 5.69 Å². The summed E-state index contributed by atoms with van der Waals surface area (Å²) in [5.41, 5.74) is 2.77. The quantitative estimate of drug-likeness (QED) is 0.655. The molecule has 3 rings (SSSR count). The average molecular weight is 322 g/mol. The van der Waals surface area contributed by atoms with Crippen LogP contribution in [0, 0.1) is 0 Å². The van der Waals surface area contributed by atoms with Crippen LogP contribution >= 0.6 is 0 Å². The van der Waals surface area contributed by atoms with Gasteiger partial charge in [0, 0.05) is 24.2 Å². The summed E-state index contributed by atoms with van der Waals surface area (Å²) in [6, 6.07) is 7.76. The number of rotatable bonds is 7. The second-order valence-corrected chi connectivity index (χ2v) is 4.95. The van der Waals surface area contributed by atoms with E-state index in [0.29, 0.717) is 6.54 Å². The highest BCUT2D eigenvalue weighted by atomic mass is 16.5. The summed E-state index contributed by atoms with van der Waals surface area (Å²) in [7, 11) is 1.65. The van der Waals surface area contributed by atoms with E-state index in [1.807, 2.05) is 41.2 Å². The number of imidazole rings is 1. The number of benzene rings is 1. The fourth-order valence-electron chi connectivity index (χ4n) is 2.38. The summed E-state index contributed by atoms with van der Waals surface area (Å²) in [5, 5.41) is 10.1. The van der Waals surface area contributed by atoms with Crippen LogP contribution < -0.4 is 10.1 Å². The molecule has 2 heterocycles. The number of aliphatic imine (C=N–C) groups is 1. The van der Waals surface area contributed by atoms with Gasteiger partial charge in [-0.3, -0.25) is 14.7 Å². The van der Waals surface area contributed by atoms with Crippen molar-refractivity contribution in [2.24, 2.45) is 4.99 Å². The van der Waals surface area contributed by atoms with E-state index in [-0.39, 0.29) is 0 Å². The van der Waals surface area contributed by atoms with Gasteiger partial charge < -0.3 is 10.1 Å². The largest absolute Gasteiger partial charge is 0.495 e. The Morgan fingerprint density at radius 1 is 1.38 bits per heavy atom. The summed E-state index contributed by atoms with van der Waals surface area (Å²) >= 11 is 0. The maximum atomic E-state index is 5.35. The number of ether oxygens (including phenoxy) is 1. The lowest BCUT2D eigenvalue weighted by Gasteiger charge is -2.11. The van der Waals surface area contributed by atoms with E-state index in [4.69, 9.17) is 4.74 Å². The first-order valence-electron chi connectivity index (χ1n) is 7.38. The van der Waals surface area contributed by atoms with E-state index in [9.17, 15) is 0 Å². The Labute approximate surface area is 139 Å². The van der Waals surface area contributed by atoms with Crippen LogP contribution in [0.2, 0.25) is 0 Å². The van der Waals surface area contributed by atoms with Gasteiger partial charge in [-0.2, -0.15) is 5.10 Å². The Kier molecular flexibility index (Phi) is 4.71. The Bertz CT molecular complexity index is 835. The van der Waals surface area contributed by atoms with Crippen molar-refractivity contribution in [3.05, 3.63) is 54.9 Å². The van der Waals surface area contributed by atoms with Crippen LogP contribution in [0.15, 0.2) is 54.0 Å². The highest BCUT2D eigenvalue weighted by Crippen LogP contribution is 2.25. The lowest BCUT2D eigenvalue weighted by Crippen LogP contribution is -2.07. The number of anilines is 1. The summed E-state index contributed by atoms with van der Waals surface area (Å²) in [6.45, 7) is 4.00. The lowest BCUT2D eigenvalue weighted by molar-refractivity contribution is 0.416. The zero-order valence-electron chi connectivity index (χ0n) is 13.3. The number of aromatic amines is 1. The van der Waals surface area contributed by atoms with E-state index < -0.39 is 0 Å². The number of hydrogen-bond donors (Lipinski definition) is 2. The van der Waals surface area contributed by atoms with Crippen LogP contribution in [-0.4, -0.2) is 33.6 Å². The predicted molar refractivity (Wildman–Crippen MR) is 95.0 cm³/mol. The van der Waals surface area contributed by atoms with E-state index in [0.717, 1.165) is 28.5 Å². The Hall–Kier alpha value is -3.35. The molecule has 0 aliphatic heterocycles. The highest BCUT2D eigenvalue weighted by molar-refractivity contribution is 5.61. The molecule has 24 heavy (non-hydrogen) atoms. The maximum absolute atomic E-state index is 5.35. The monoisotopic (exact) mass is 322 g/mol. The maximum Gasteiger partial charge on any atom is 0.141 e. The molecule has 3 aromatic rings. The molecule has 0 atom stereocenters. The average Bonchev–Trinajstić information content (AvgIpc) is 3.27. The van der Waals surface area contributed by atoms with Crippen LogP contribution in [0.3, 0.4) is 0 Å². The molecule has 0 aliphatic rings. The Morgan fingerprint density at radius 2 is 2.25 bits per heavy atom. The molecule has 0 saturated carbocycles. The van der Waals surface area contributed by atoms with Crippen LogP contribution in [-0.2, 0) is 6.54 Å². The molecule has 0 aliphatic carbocycles. The van der Waals surface area contributed by atoms with Crippen molar-refractivity contribution in [1.82, 2.24) is 19.7 Å². The number of nitrogens with one attached hydrogen (secondary N) is 2. The summed E-state index contributed by atoms with van der Waals surface area (Å²) < 4.78 is 7.30. The first-order valence-corrected chi connectivity index (χ1v) is 7.38. The van der Waals surface area contributed by atoms with Gasteiger partial charge in [-0.05, 0) is 18.9 Å². The number of aromatic nitrogens is 4. The predicted octanol–water partition coefficient (Wildman–Crippen LogP) is 3.02. The second kappa shape index (κ2) is 7.28. The van der Waals surface area contributed by atoms with Crippen molar-refractivity contribution >= 4 is 18.6 Å². The molecule has 1 aromatic carbocycles. The second-order valence-electron chi connectivity index (χ2n) is 4.95. The first-order chi connectivity index (χ1) is 11.8. The molecule has 0 spiro atoms. The number of hydrogen-bond acceptors (Lipinski definition) is 5. The molecule has 0 amide bonds. The SMILES string of the molecule is C=N/C=C\n1c(-c2cn[nH]c2)cnc1CNc1ccccc1OC. The van der Waals surface area contributed by atoms with Gasteiger partial charge in [0.2, 0.25) is 0 Å². The normalized spacial score (nSPS) is 10.9. The van der Waals surface area contributed by atoms with Crippen molar-refractivity contribution in [2.75, 3.05) is 12.4 Å². The van der Waals surface area contributed by atoms with E-state index in [1.165, 1.54) is 0 Å². The number of H-pyrrole nitrogens is 1. The molecule has 7 heteroatoms. The van der Waals surface area contributed by atoms with Gasteiger partial charge in [0.25, 0.3) is 0 Å². The van der Waals surface area contributed by atoms with Gasteiger partial charge in [-0.15, -0.1) is 0 Å².